The van der Waals surface area contributed by atoms with Gasteiger partial charge in [-0.1, -0.05) is 42.5 Å². The molecule has 29 heavy (non-hydrogen) atoms. The summed E-state index contributed by atoms with van der Waals surface area (Å²) in [4.78, 5) is 27.1. The monoisotopic (exact) mass is 398 g/mol. The number of amides is 2. The van der Waals surface area contributed by atoms with Crippen LogP contribution in [-0.4, -0.2) is 36.4 Å². The fraction of sp³-hybridized carbons (Fsp3) is 0.391. The Morgan fingerprint density at radius 3 is 2.62 bits per heavy atom. The van der Waals surface area contributed by atoms with E-state index in [-0.39, 0.29) is 29.5 Å². The minimum absolute atomic E-state index is 0.0595. The van der Waals surface area contributed by atoms with Crippen LogP contribution in [0.2, 0.25) is 0 Å². The first-order valence-electron chi connectivity index (χ1n) is 10.1. The molecule has 0 radical (unpaired) electrons. The molecule has 0 bridgehead atoms. The second-order valence-electron chi connectivity index (χ2n) is 7.10. The first-order chi connectivity index (χ1) is 14.1. The number of hydrogen-bond acceptors (Lipinski definition) is 3. The molecule has 2 amide bonds. The Morgan fingerprint density at radius 1 is 1.17 bits per heavy atom. The summed E-state index contributed by atoms with van der Waals surface area (Å²) in [5.41, 5.74) is 0.977. The van der Waals surface area contributed by atoms with Gasteiger partial charge in [0, 0.05) is 19.5 Å². The predicted molar refractivity (Wildman–Crippen MR) is 109 cm³/mol. The van der Waals surface area contributed by atoms with E-state index in [4.69, 9.17) is 4.74 Å². The summed E-state index contributed by atoms with van der Waals surface area (Å²) < 4.78 is 19.0. The zero-order valence-corrected chi connectivity index (χ0v) is 16.6. The molecule has 0 unspecified atom stereocenters. The Balaban J connectivity index is 1.56. The number of halogens is 1. The molecule has 0 aromatic heterocycles. The topological polar surface area (TPSA) is 58.6 Å². The molecule has 6 heteroatoms. The molecule has 2 aromatic rings. The van der Waals surface area contributed by atoms with Crippen molar-refractivity contribution in [3.63, 3.8) is 0 Å². The fourth-order valence-corrected chi connectivity index (χ4v) is 3.82. The second kappa shape index (κ2) is 10.0. The molecule has 1 heterocycles. The van der Waals surface area contributed by atoms with E-state index in [0.717, 1.165) is 5.56 Å². The van der Waals surface area contributed by atoms with E-state index >= 15 is 0 Å². The van der Waals surface area contributed by atoms with Crippen LogP contribution in [0.1, 0.15) is 37.8 Å². The highest BCUT2D eigenvalue weighted by atomic mass is 19.1. The van der Waals surface area contributed by atoms with E-state index in [0.29, 0.717) is 39.0 Å². The summed E-state index contributed by atoms with van der Waals surface area (Å²) in [5, 5.41) is 2.96. The maximum Gasteiger partial charge on any atom is 0.225 e. The van der Waals surface area contributed by atoms with Crippen molar-refractivity contribution in [2.24, 2.45) is 5.92 Å². The molecule has 1 N–H and O–H groups in total. The number of para-hydroxylation sites is 1. The van der Waals surface area contributed by atoms with Crippen LogP contribution in [0.25, 0.3) is 0 Å². The fourth-order valence-electron chi connectivity index (χ4n) is 3.82. The highest BCUT2D eigenvalue weighted by Gasteiger charge is 2.39. The summed E-state index contributed by atoms with van der Waals surface area (Å²) in [6.45, 7) is 3.26. The maximum atomic E-state index is 13.5. The normalized spacial score (nSPS) is 19.1. The zero-order valence-electron chi connectivity index (χ0n) is 16.6. The number of nitrogens with zero attached hydrogens (tertiary/aromatic N) is 1. The number of hydrogen-bond donors (Lipinski definition) is 1. The van der Waals surface area contributed by atoms with Gasteiger partial charge < -0.3 is 15.0 Å². The number of nitrogens with one attached hydrogen (secondary N) is 1. The van der Waals surface area contributed by atoms with Crippen molar-refractivity contribution in [2.75, 3.05) is 19.7 Å². The molecule has 154 valence electrons. The maximum absolute atomic E-state index is 13.5. The first kappa shape index (κ1) is 20.8. The molecule has 2 atom stereocenters. The van der Waals surface area contributed by atoms with E-state index in [1.165, 1.54) is 6.07 Å². The summed E-state index contributed by atoms with van der Waals surface area (Å²) in [6, 6.07) is 15.7. The number of likely N-dealkylation sites (tertiary alicyclic amines) is 1. The molecule has 0 saturated carbocycles. The third kappa shape index (κ3) is 5.13. The molecular weight excluding hydrogens is 371 g/mol. The lowest BCUT2D eigenvalue weighted by atomic mass is 9.83. The van der Waals surface area contributed by atoms with Crippen molar-refractivity contribution in [1.82, 2.24) is 10.2 Å². The summed E-state index contributed by atoms with van der Waals surface area (Å²) in [6.07, 6.45) is 1.48. The van der Waals surface area contributed by atoms with E-state index in [1.54, 1.807) is 23.1 Å². The third-order valence-corrected chi connectivity index (χ3v) is 5.24. The number of piperidine rings is 1. The number of ether oxygens (including phenoxy) is 1. The molecule has 1 fully saturated rings. The van der Waals surface area contributed by atoms with Gasteiger partial charge in [-0.15, -0.1) is 0 Å². The lowest BCUT2D eigenvalue weighted by Gasteiger charge is -2.40. The third-order valence-electron chi connectivity index (χ3n) is 5.24. The molecule has 1 aliphatic heterocycles. The van der Waals surface area contributed by atoms with Crippen molar-refractivity contribution in [3.8, 4) is 5.75 Å². The molecule has 0 aliphatic carbocycles. The number of rotatable bonds is 8. The van der Waals surface area contributed by atoms with Crippen molar-refractivity contribution in [2.45, 2.75) is 32.2 Å². The second-order valence-corrected chi connectivity index (χ2v) is 7.10. The van der Waals surface area contributed by atoms with Gasteiger partial charge in [0.05, 0.1) is 18.6 Å². The highest BCUT2D eigenvalue weighted by Crippen LogP contribution is 2.36. The van der Waals surface area contributed by atoms with Crippen LogP contribution in [-0.2, 0) is 9.59 Å². The molecule has 3 rings (SSSR count). The minimum atomic E-state index is -0.395. The molecule has 2 aromatic carbocycles. The van der Waals surface area contributed by atoms with Gasteiger partial charge in [-0.2, -0.15) is 0 Å². The van der Waals surface area contributed by atoms with Crippen LogP contribution in [0.15, 0.2) is 54.6 Å². The number of carbonyl (C=O) groups excluding carboxylic acids is 2. The number of benzene rings is 2. The van der Waals surface area contributed by atoms with Gasteiger partial charge in [0.2, 0.25) is 11.8 Å². The largest absolute Gasteiger partial charge is 0.490 e. The van der Waals surface area contributed by atoms with E-state index in [1.807, 2.05) is 37.3 Å². The van der Waals surface area contributed by atoms with Crippen molar-refractivity contribution >= 4 is 11.8 Å². The van der Waals surface area contributed by atoms with Gasteiger partial charge in [-0.25, -0.2) is 4.39 Å². The lowest BCUT2D eigenvalue weighted by molar-refractivity contribution is -0.143. The van der Waals surface area contributed by atoms with Gasteiger partial charge in [-0.05, 0) is 37.5 Å². The Morgan fingerprint density at radius 2 is 1.90 bits per heavy atom. The molecule has 5 nitrogen and oxygen atoms in total. The standard InChI is InChI=1S/C23H27FN2O3/c1-2-26-21(27)14-13-18(22(26)17-9-4-3-5-10-17)23(28)25-15-8-16-29-20-12-7-6-11-19(20)24/h3-7,9-12,18,22H,2,8,13-16H2,1H3,(H,25,28)/t18-,22+/m1/s1. The van der Waals surface area contributed by atoms with Crippen LogP contribution < -0.4 is 10.1 Å². The minimum Gasteiger partial charge on any atom is -0.490 e. The van der Waals surface area contributed by atoms with Gasteiger partial charge in [0.1, 0.15) is 0 Å². The lowest BCUT2D eigenvalue weighted by Crippen LogP contribution is -2.48. The van der Waals surface area contributed by atoms with Crippen molar-refractivity contribution < 1.29 is 18.7 Å². The summed E-state index contributed by atoms with van der Waals surface area (Å²) >= 11 is 0. The van der Waals surface area contributed by atoms with Crippen LogP contribution >= 0.6 is 0 Å². The Hall–Kier alpha value is -2.89. The van der Waals surface area contributed by atoms with Gasteiger partial charge >= 0.3 is 0 Å². The average molecular weight is 398 g/mol. The van der Waals surface area contributed by atoms with Crippen LogP contribution in [0, 0.1) is 11.7 Å². The average Bonchev–Trinajstić information content (AvgIpc) is 2.75. The smallest absolute Gasteiger partial charge is 0.225 e. The Kier molecular flexibility index (Phi) is 7.22. The van der Waals surface area contributed by atoms with Crippen LogP contribution in [0.4, 0.5) is 4.39 Å². The first-order valence-corrected chi connectivity index (χ1v) is 10.1. The van der Waals surface area contributed by atoms with E-state index < -0.39 is 5.82 Å². The molecular formula is C23H27FN2O3. The van der Waals surface area contributed by atoms with Crippen LogP contribution in [0.3, 0.4) is 0 Å². The van der Waals surface area contributed by atoms with Gasteiger partial charge in [0.15, 0.2) is 11.6 Å². The Labute approximate surface area is 170 Å². The van der Waals surface area contributed by atoms with Crippen molar-refractivity contribution in [3.05, 3.63) is 66.0 Å². The van der Waals surface area contributed by atoms with Crippen molar-refractivity contribution in [1.29, 1.82) is 0 Å². The summed E-state index contributed by atoms with van der Waals surface area (Å²) in [7, 11) is 0. The number of carbonyl (C=O) groups is 2. The van der Waals surface area contributed by atoms with E-state index in [9.17, 15) is 14.0 Å². The molecule has 1 aliphatic rings. The zero-order chi connectivity index (χ0) is 20.6. The highest BCUT2D eigenvalue weighted by molar-refractivity contribution is 5.85. The van der Waals surface area contributed by atoms with Gasteiger partial charge in [0.25, 0.3) is 0 Å². The quantitative estimate of drug-likeness (QED) is 0.690. The molecule has 0 spiro atoms. The Bertz CT molecular complexity index is 828. The van der Waals surface area contributed by atoms with Gasteiger partial charge in [-0.3, -0.25) is 9.59 Å². The SMILES string of the molecule is CCN1C(=O)CC[C@@H](C(=O)NCCCOc2ccccc2F)[C@@H]1c1ccccc1. The van der Waals surface area contributed by atoms with Crippen LogP contribution in [0.5, 0.6) is 5.75 Å². The summed E-state index contributed by atoms with van der Waals surface area (Å²) in [5.74, 6) is -0.442. The molecule has 1 saturated heterocycles. The van der Waals surface area contributed by atoms with E-state index in [2.05, 4.69) is 5.32 Å². The predicted octanol–water partition coefficient (Wildman–Crippen LogP) is 3.71.